The zero-order valence-corrected chi connectivity index (χ0v) is 10.7. The van der Waals surface area contributed by atoms with Gasteiger partial charge in [-0.2, -0.15) is 9.40 Å². The second-order valence-electron chi connectivity index (χ2n) is 4.20. The molecule has 16 heavy (non-hydrogen) atoms. The molecule has 6 heteroatoms. The van der Waals surface area contributed by atoms with Crippen LogP contribution in [0.2, 0.25) is 0 Å². The lowest BCUT2D eigenvalue weighted by Gasteiger charge is -2.25. The smallest absolute Gasteiger partial charge is 0.211 e. The molecule has 0 amide bonds. The number of rotatable bonds is 2. The first-order valence-electron chi connectivity index (χ1n) is 5.42. The summed E-state index contributed by atoms with van der Waals surface area (Å²) in [5.74, 6) is 0. The van der Waals surface area contributed by atoms with Crippen LogP contribution < -0.4 is 0 Å². The molecule has 2 rings (SSSR count). The van der Waals surface area contributed by atoms with Gasteiger partial charge in [-0.3, -0.25) is 4.68 Å². The Bertz CT molecular complexity index is 504. The highest BCUT2D eigenvalue weighted by Crippen LogP contribution is 2.23. The third kappa shape index (κ3) is 1.87. The minimum absolute atomic E-state index is 0.456. The zero-order valence-electron chi connectivity index (χ0n) is 9.89. The Morgan fingerprint density at radius 1 is 1.44 bits per heavy atom. The fraction of sp³-hybridized carbons (Fsp3) is 0.700. The fourth-order valence-electron chi connectivity index (χ4n) is 2.20. The van der Waals surface area contributed by atoms with Gasteiger partial charge in [-0.25, -0.2) is 8.42 Å². The van der Waals surface area contributed by atoms with Crippen LogP contribution in [0, 0.1) is 0 Å². The number of sulfonamides is 1. The second kappa shape index (κ2) is 3.85. The van der Waals surface area contributed by atoms with Crippen molar-refractivity contribution in [1.29, 1.82) is 0 Å². The summed E-state index contributed by atoms with van der Waals surface area (Å²) in [7, 11) is -1.21. The quantitative estimate of drug-likeness (QED) is 0.750. The van der Waals surface area contributed by atoms with Crippen LogP contribution in [0.3, 0.4) is 0 Å². The molecule has 0 radical (unpaired) electrons. The van der Waals surface area contributed by atoms with Crippen LogP contribution in [0.1, 0.15) is 23.9 Å². The molecule has 0 N–H and O–H groups in total. The van der Waals surface area contributed by atoms with E-state index in [1.807, 2.05) is 11.7 Å². The number of fused-ring (bicyclic) bond motifs is 1. The third-order valence-corrected chi connectivity index (χ3v) is 4.35. The average molecular weight is 243 g/mol. The first kappa shape index (κ1) is 11.6. The zero-order chi connectivity index (χ0) is 11.9. The summed E-state index contributed by atoms with van der Waals surface area (Å²) in [4.78, 5) is 0. The van der Waals surface area contributed by atoms with Gasteiger partial charge in [0, 0.05) is 13.6 Å². The van der Waals surface area contributed by atoms with Crippen LogP contribution in [0.5, 0.6) is 0 Å². The summed E-state index contributed by atoms with van der Waals surface area (Å²) in [6.45, 7) is 3.10. The van der Waals surface area contributed by atoms with E-state index in [0.29, 0.717) is 13.1 Å². The van der Waals surface area contributed by atoms with Gasteiger partial charge in [0.2, 0.25) is 10.0 Å². The van der Waals surface area contributed by atoms with E-state index < -0.39 is 10.0 Å². The largest absolute Gasteiger partial charge is 0.271 e. The molecule has 2 heterocycles. The number of nitrogens with zero attached hydrogens (tertiary/aromatic N) is 3. The van der Waals surface area contributed by atoms with Crippen LogP contribution in [0.15, 0.2) is 0 Å². The van der Waals surface area contributed by atoms with Crippen molar-refractivity contribution in [2.75, 3.05) is 12.8 Å². The van der Waals surface area contributed by atoms with E-state index in [4.69, 9.17) is 0 Å². The van der Waals surface area contributed by atoms with Crippen molar-refractivity contribution >= 4 is 10.0 Å². The number of aromatic nitrogens is 2. The van der Waals surface area contributed by atoms with Gasteiger partial charge in [-0.1, -0.05) is 6.92 Å². The summed E-state index contributed by atoms with van der Waals surface area (Å²) in [6, 6.07) is 0. The minimum atomic E-state index is -3.09. The molecule has 0 fully saturated rings. The van der Waals surface area contributed by atoms with Gasteiger partial charge >= 0.3 is 0 Å². The topological polar surface area (TPSA) is 55.2 Å². The number of aryl methyl sites for hydroxylation is 2. The van der Waals surface area contributed by atoms with Gasteiger partial charge < -0.3 is 0 Å². The summed E-state index contributed by atoms with van der Waals surface area (Å²) in [5.41, 5.74) is 3.38. The molecular formula is C10H17N3O2S. The van der Waals surface area contributed by atoms with E-state index in [2.05, 4.69) is 12.0 Å². The standard InChI is InChI=1S/C10H17N3O2S/c1-4-9-8-5-6-13(16(3,14)15)7-10(8)12(2)11-9/h4-7H2,1-3H3. The molecule has 1 aliphatic rings. The van der Waals surface area contributed by atoms with Crippen LogP contribution in [-0.4, -0.2) is 35.3 Å². The van der Waals surface area contributed by atoms with Crippen LogP contribution in [0.25, 0.3) is 0 Å². The van der Waals surface area contributed by atoms with E-state index in [-0.39, 0.29) is 0 Å². The molecule has 0 aliphatic carbocycles. The first-order valence-corrected chi connectivity index (χ1v) is 7.27. The molecule has 1 aromatic rings. The molecular weight excluding hydrogens is 226 g/mol. The van der Waals surface area contributed by atoms with Crippen molar-refractivity contribution in [2.45, 2.75) is 26.3 Å². The highest BCUT2D eigenvalue weighted by molar-refractivity contribution is 7.88. The van der Waals surface area contributed by atoms with Crippen molar-refractivity contribution < 1.29 is 8.42 Å². The minimum Gasteiger partial charge on any atom is -0.271 e. The van der Waals surface area contributed by atoms with Crippen molar-refractivity contribution in [3.63, 3.8) is 0 Å². The lowest BCUT2D eigenvalue weighted by molar-refractivity contribution is 0.382. The summed E-state index contributed by atoms with van der Waals surface area (Å²) < 4.78 is 26.3. The lowest BCUT2D eigenvalue weighted by Crippen LogP contribution is -2.35. The Kier molecular flexibility index (Phi) is 2.79. The summed E-state index contributed by atoms with van der Waals surface area (Å²) in [6.07, 6.45) is 2.94. The molecule has 0 spiro atoms. The summed E-state index contributed by atoms with van der Waals surface area (Å²) in [5, 5.41) is 4.42. The van der Waals surface area contributed by atoms with E-state index in [1.54, 1.807) is 0 Å². The molecule has 1 aromatic heterocycles. The Morgan fingerprint density at radius 3 is 2.69 bits per heavy atom. The van der Waals surface area contributed by atoms with Crippen LogP contribution in [0.4, 0.5) is 0 Å². The third-order valence-electron chi connectivity index (χ3n) is 3.10. The van der Waals surface area contributed by atoms with Gasteiger partial charge in [0.1, 0.15) is 0 Å². The predicted molar refractivity (Wildman–Crippen MR) is 61.5 cm³/mol. The van der Waals surface area contributed by atoms with Gasteiger partial charge in [-0.15, -0.1) is 0 Å². The monoisotopic (exact) mass is 243 g/mol. The summed E-state index contributed by atoms with van der Waals surface area (Å²) >= 11 is 0. The van der Waals surface area contributed by atoms with Crippen LogP contribution >= 0.6 is 0 Å². The highest BCUT2D eigenvalue weighted by atomic mass is 32.2. The highest BCUT2D eigenvalue weighted by Gasteiger charge is 2.27. The molecule has 0 unspecified atom stereocenters. The molecule has 0 aromatic carbocycles. The lowest BCUT2D eigenvalue weighted by atomic mass is 10.0. The van der Waals surface area contributed by atoms with E-state index in [9.17, 15) is 8.42 Å². The van der Waals surface area contributed by atoms with Crippen molar-refractivity contribution in [1.82, 2.24) is 14.1 Å². The van der Waals surface area contributed by atoms with Gasteiger partial charge in [0.25, 0.3) is 0 Å². The second-order valence-corrected chi connectivity index (χ2v) is 6.18. The predicted octanol–water partition coefficient (Wildman–Crippen LogP) is 0.300. The van der Waals surface area contributed by atoms with Crippen LogP contribution in [-0.2, 0) is 36.5 Å². The Morgan fingerprint density at radius 2 is 2.12 bits per heavy atom. The van der Waals surface area contributed by atoms with E-state index >= 15 is 0 Å². The van der Waals surface area contributed by atoms with Crippen molar-refractivity contribution in [3.8, 4) is 0 Å². The van der Waals surface area contributed by atoms with Crippen molar-refractivity contribution in [2.24, 2.45) is 7.05 Å². The molecule has 0 bridgehead atoms. The Hall–Kier alpha value is -0.880. The maximum absolute atomic E-state index is 11.5. The number of hydrogen-bond donors (Lipinski definition) is 0. The molecule has 0 saturated carbocycles. The van der Waals surface area contributed by atoms with Gasteiger partial charge in [0.05, 0.1) is 24.2 Å². The van der Waals surface area contributed by atoms with E-state index in [1.165, 1.54) is 16.1 Å². The van der Waals surface area contributed by atoms with Gasteiger partial charge in [0.15, 0.2) is 0 Å². The first-order chi connectivity index (χ1) is 7.43. The Balaban J connectivity index is 2.38. The average Bonchev–Trinajstić information content (AvgIpc) is 2.54. The van der Waals surface area contributed by atoms with Crippen molar-refractivity contribution in [3.05, 3.63) is 17.0 Å². The molecule has 5 nitrogen and oxygen atoms in total. The number of hydrogen-bond acceptors (Lipinski definition) is 3. The maximum Gasteiger partial charge on any atom is 0.211 e. The molecule has 90 valence electrons. The molecule has 0 saturated heterocycles. The Labute approximate surface area is 96.1 Å². The molecule has 1 aliphatic heterocycles. The SMILES string of the molecule is CCc1nn(C)c2c1CCN(S(C)(=O)=O)C2. The van der Waals surface area contributed by atoms with Gasteiger partial charge in [-0.05, 0) is 18.4 Å². The fourth-order valence-corrected chi connectivity index (χ4v) is 2.98. The molecule has 0 atom stereocenters. The van der Waals surface area contributed by atoms with E-state index in [0.717, 1.165) is 24.2 Å². The maximum atomic E-state index is 11.5. The normalized spacial score (nSPS) is 17.4.